The number of hydrogen-bond acceptors (Lipinski definition) is 3. The van der Waals surface area contributed by atoms with Crippen LogP contribution in [0.5, 0.6) is 0 Å². The summed E-state index contributed by atoms with van der Waals surface area (Å²) in [6.45, 7) is 4.58. The van der Waals surface area contributed by atoms with Crippen LogP contribution in [0.4, 0.5) is 0 Å². The molecule has 0 aliphatic heterocycles. The fraction of sp³-hybridized carbons (Fsp3) is 0.667. The van der Waals surface area contributed by atoms with Crippen LogP contribution in [0.3, 0.4) is 0 Å². The normalized spacial score (nSPS) is 14.5. The van der Waals surface area contributed by atoms with Crippen LogP contribution in [0.25, 0.3) is 0 Å². The van der Waals surface area contributed by atoms with Gasteiger partial charge in [-0.05, 0) is 46.2 Å². The maximum Gasteiger partial charge on any atom is 0.323 e. The lowest BCUT2D eigenvalue weighted by Crippen LogP contribution is -2.47. The second-order valence-electron chi connectivity index (χ2n) is 4.54. The number of carboxylic acids is 1. The molecular formula is C12H21N3O2. The van der Waals surface area contributed by atoms with Gasteiger partial charge in [0, 0.05) is 18.4 Å². The second kappa shape index (κ2) is 5.82. The fourth-order valence-electron chi connectivity index (χ4n) is 1.71. The van der Waals surface area contributed by atoms with Gasteiger partial charge in [0.2, 0.25) is 0 Å². The fourth-order valence-corrected chi connectivity index (χ4v) is 1.71. The van der Waals surface area contributed by atoms with E-state index >= 15 is 0 Å². The Bertz CT molecular complexity index is 376. The Kier molecular flexibility index (Phi) is 4.69. The van der Waals surface area contributed by atoms with Crippen molar-refractivity contribution in [1.29, 1.82) is 0 Å². The Morgan fingerprint density at radius 2 is 2.29 bits per heavy atom. The van der Waals surface area contributed by atoms with Crippen LogP contribution in [0.2, 0.25) is 0 Å². The molecule has 1 atom stereocenters. The molecule has 0 saturated carbocycles. The summed E-state index contributed by atoms with van der Waals surface area (Å²) in [7, 11) is 1.69. The van der Waals surface area contributed by atoms with E-state index in [9.17, 15) is 4.79 Å². The maximum atomic E-state index is 11.0. The van der Waals surface area contributed by atoms with Gasteiger partial charge in [-0.1, -0.05) is 0 Å². The molecule has 5 heteroatoms. The molecule has 1 heterocycles. The zero-order valence-corrected chi connectivity index (χ0v) is 10.7. The number of aryl methyl sites for hydroxylation is 2. The molecule has 0 spiro atoms. The van der Waals surface area contributed by atoms with Gasteiger partial charge in [-0.25, -0.2) is 0 Å². The van der Waals surface area contributed by atoms with Crippen LogP contribution in [0.1, 0.15) is 31.9 Å². The number of nitrogens with one attached hydrogen (secondary N) is 1. The van der Waals surface area contributed by atoms with Crippen molar-refractivity contribution >= 4 is 5.97 Å². The molecule has 0 bridgehead atoms. The minimum Gasteiger partial charge on any atom is -0.480 e. The quantitative estimate of drug-likeness (QED) is 0.706. The van der Waals surface area contributed by atoms with Crippen molar-refractivity contribution in [3.63, 3.8) is 0 Å². The third-order valence-corrected chi connectivity index (χ3v) is 3.25. The van der Waals surface area contributed by atoms with Gasteiger partial charge in [-0.2, -0.15) is 5.10 Å². The number of carbonyl (C=O) groups is 1. The SMILES string of the molecule is CNC(C)(CCCCn1nccc1C)C(=O)O. The Hall–Kier alpha value is -1.36. The Morgan fingerprint density at radius 3 is 2.76 bits per heavy atom. The van der Waals surface area contributed by atoms with E-state index < -0.39 is 11.5 Å². The average molecular weight is 239 g/mol. The summed E-state index contributed by atoms with van der Waals surface area (Å²) in [6, 6.07) is 1.97. The van der Waals surface area contributed by atoms with Crippen molar-refractivity contribution in [2.75, 3.05) is 7.05 Å². The predicted molar refractivity (Wildman–Crippen MR) is 65.9 cm³/mol. The molecule has 1 unspecified atom stereocenters. The second-order valence-corrected chi connectivity index (χ2v) is 4.54. The predicted octanol–water partition coefficient (Wildman–Crippen LogP) is 1.42. The van der Waals surface area contributed by atoms with E-state index in [0.717, 1.165) is 25.1 Å². The molecule has 2 N–H and O–H groups in total. The summed E-state index contributed by atoms with van der Waals surface area (Å²) < 4.78 is 1.94. The number of carboxylic acid groups (broad SMARTS) is 1. The van der Waals surface area contributed by atoms with Crippen LogP contribution >= 0.6 is 0 Å². The number of unbranched alkanes of at least 4 members (excludes halogenated alkanes) is 1. The van der Waals surface area contributed by atoms with Gasteiger partial charge >= 0.3 is 5.97 Å². The summed E-state index contributed by atoms with van der Waals surface area (Å²) >= 11 is 0. The van der Waals surface area contributed by atoms with Crippen molar-refractivity contribution in [1.82, 2.24) is 15.1 Å². The minimum absolute atomic E-state index is 0.624. The highest BCUT2D eigenvalue weighted by atomic mass is 16.4. The number of likely N-dealkylation sites (N-methyl/N-ethyl adjacent to an activating group) is 1. The van der Waals surface area contributed by atoms with Gasteiger partial charge in [0.25, 0.3) is 0 Å². The summed E-state index contributed by atoms with van der Waals surface area (Å²) in [5.74, 6) is -0.796. The molecule has 1 aromatic rings. The van der Waals surface area contributed by atoms with Crippen LogP contribution < -0.4 is 5.32 Å². The smallest absolute Gasteiger partial charge is 0.323 e. The highest BCUT2D eigenvalue weighted by molar-refractivity contribution is 5.78. The van der Waals surface area contributed by atoms with Crippen molar-refractivity contribution in [3.05, 3.63) is 18.0 Å². The molecule has 96 valence electrons. The van der Waals surface area contributed by atoms with E-state index in [1.54, 1.807) is 20.2 Å². The Morgan fingerprint density at radius 1 is 1.59 bits per heavy atom. The number of nitrogens with zero attached hydrogens (tertiary/aromatic N) is 2. The first kappa shape index (κ1) is 13.7. The topological polar surface area (TPSA) is 67.2 Å². The van der Waals surface area contributed by atoms with Gasteiger partial charge in [-0.3, -0.25) is 9.48 Å². The Labute approximate surface area is 102 Å². The standard InChI is InChI=1S/C12H21N3O2/c1-10-6-8-14-15(10)9-5-4-7-12(2,13-3)11(16)17/h6,8,13H,4-5,7,9H2,1-3H3,(H,16,17). The van der Waals surface area contributed by atoms with Gasteiger partial charge in [0.15, 0.2) is 0 Å². The van der Waals surface area contributed by atoms with E-state index in [1.807, 2.05) is 17.7 Å². The number of aromatic nitrogens is 2. The molecule has 0 radical (unpaired) electrons. The number of aliphatic carboxylic acids is 1. The summed E-state index contributed by atoms with van der Waals surface area (Å²) in [5.41, 5.74) is 0.318. The molecule has 1 rings (SSSR count). The van der Waals surface area contributed by atoms with Gasteiger partial charge in [0.1, 0.15) is 5.54 Å². The monoisotopic (exact) mass is 239 g/mol. The molecule has 5 nitrogen and oxygen atoms in total. The maximum absolute atomic E-state index is 11.0. The van der Waals surface area contributed by atoms with E-state index in [2.05, 4.69) is 10.4 Å². The lowest BCUT2D eigenvalue weighted by molar-refractivity contribution is -0.144. The largest absolute Gasteiger partial charge is 0.480 e. The van der Waals surface area contributed by atoms with Gasteiger partial charge in [0.05, 0.1) is 0 Å². The van der Waals surface area contributed by atoms with Crippen molar-refractivity contribution in [2.24, 2.45) is 0 Å². The summed E-state index contributed by atoms with van der Waals surface area (Å²) in [5, 5.41) is 16.1. The number of rotatable bonds is 7. The van der Waals surface area contributed by atoms with Gasteiger partial charge in [-0.15, -0.1) is 0 Å². The van der Waals surface area contributed by atoms with E-state index in [-0.39, 0.29) is 0 Å². The van der Waals surface area contributed by atoms with Crippen LogP contribution in [0, 0.1) is 6.92 Å². The van der Waals surface area contributed by atoms with E-state index in [0.29, 0.717) is 6.42 Å². The van der Waals surface area contributed by atoms with Crippen LogP contribution in [-0.4, -0.2) is 33.4 Å². The van der Waals surface area contributed by atoms with Gasteiger partial charge < -0.3 is 10.4 Å². The molecule has 0 fully saturated rings. The molecule has 0 amide bonds. The van der Waals surface area contributed by atoms with E-state index in [1.165, 1.54) is 0 Å². The molecule has 0 saturated heterocycles. The van der Waals surface area contributed by atoms with Crippen molar-refractivity contribution < 1.29 is 9.90 Å². The first-order valence-corrected chi connectivity index (χ1v) is 5.90. The molecule has 1 aromatic heterocycles. The minimum atomic E-state index is -0.820. The first-order valence-electron chi connectivity index (χ1n) is 5.90. The third-order valence-electron chi connectivity index (χ3n) is 3.25. The highest BCUT2D eigenvalue weighted by Gasteiger charge is 2.29. The first-order chi connectivity index (χ1) is 7.99. The van der Waals surface area contributed by atoms with Crippen LogP contribution in [-0.2, 0) is 11.3 Å². The Balaban J connectivity index is 2.33. The lowest BCUT2D eigenvalue weighted by atomic mass is 9.95. The molecule has 0 aromatic carbocycles. The van der Waals surface area contributed by atoms with Crippen molar-refractivity contribution in [3.8, 4) is 0 Å². The molecule has 0 aliphatic carbocycles. The highest BCUT2D eigenvalue weighted by Crippen LogP contribution is 2.14. The van der Waals surface area contributed by atoms with Crippen molar-refractivity contribution in [2.45, 2.75) is 45.2 Å². The molecule has 0 aliphatic rings. The number of hydrogen-bond donors (Lipinski definition) is 2. The zero-order valence-electron chi connectivity index (χ0n) is 10.7. The molecule has 17 heavy (non-hydrogen) atoms. The zero-order chi connectivity index (χ0) is 12.9. The lowest BCUT2D eigenvalue weighted by Gasteiger charge is -2.23. The molecular weight excluding hydrogens is 218 g/mol. The average Bonchev–Trinajstić information content (AvgIpc) is 2.70. The van der Waals surface area contributed by atoms with Crippen LogP contribution in [0.15, 0.2) is 12.3 Å². The third kappa shape index (κ3) is 3.56. The van der Waals surface area contributed by atoms with E-state index in [4.69, 9.17) is 5.11 Å². The summed E-state index contributed by atoms with van der Waals surface area (Å²) in [6.07, 6.45) is 4.21. The summed E-state index contributed by atoms with van der Waals surface area (Å²) in [4.78, 5) is 11.0.